The predicted octanol–water partition coefficient (Wildman–Crippen LogP) is 0.457. The van der Waals surface area contributed by atoms with Gasteiger partial charge in [-0.15, -0.1) is 0 Å². The highest BCUT2D eigenvalue weighted by Gasteiger charge is 1.98. The maximum Gasteiger partial charge on any atom is 0.430 e. The Morgan fingerprint density at radius 3 is 2.79 bits per heavy atom. The highest BCUT2D eigenvalue weighted by molar-refractivity contribution is 7.78. The van der Waals surface area contributed by atoms with E-state index in [-0.39, 0.29) is 0 Å². The second kappa shape index (κ2) is 4.72. The fourth-order valence-corrected chi connectivity index (χ4v) is 1.17. The van der Waals surface area contributed by atoms with Gasteiger partial charge in [0.05, 0.1) is 0 Å². The standard InChI is InChI=1S/C10H11NO2S/c1-3-5-7-9-8(6-4-2)11(14)10(12)13-9/h3-7,14H,2H2,1H3/b5-3-,8-6+,9-7+. The Kier molecular flexibility index (Phi) is 3.59. The third-order valence-electron chi connectivity index (χ3n) is 1.57. The molecule has 0 radical (unpaired) electrons. The molecule has 0 spiro atoms. The van der Waals surface area contributed by atoms with Crippen molar-refractivity contribution in [1.82, 2.24) is 3.97 Å². The Morgan fingerprint density at radius 2 is 2.21 bits per heavy atom. The quantitative estimate of drug-likeness (QED) is 0.718. The van der Waals surface area contributed by atoms with Gasteiger partial charge >= 0.3 is 5.76 Å². The molecule has 0 aliphatic rings. The normalized spacial score (nSPS) is 14.1. The van der Waals surface area contributed by atoms with Gasteiger partial charge in [0, 0.05) is 0 Å². The van der Waals surface area contributed by atoms with E-state index in [4.69, 9.17) is 4.42 Å². The van der Waals surface area contributed by atoms with Crippen LogP contribution in [0.15, 0.2) is 34.0 Å². The smallest absolute Gasteiger partial charge is 0.407 e. The minimum Gasteiger partial charge on any atom is -0.407 e. The van der Waals surface area contributed by atoms with Gasteiger partial charge in [0.1, 0.15) is 5.35 Å². The van der Waals surface area contributed by atoms with Crippen LogP contribution in [0.1, 0.15) is 6.92 Å². The molecular formula is C10H11NO2S. The third-order valence-corrected chi connectivity index (χ3v) is 1.95. The van der Waals surface area contributed by atoms with Gasteiger partial charge in [0.2, 0.25) is 0 Å². The fourth-order valence-electron chi connectivity index (χ4n) is 0.960. The summed E-state index contributed by atoms with van der Waals surface area (Å²) in [5, 5.41) is 0.589. The van der Waals surface area contributed by atoms with Crippen molar-refractivity contribution in [2.45, 2.75) is 6.92 Å². The van der Waals surface area contributed by atoms with E-state index in [1.165, 1.54) is 0 Å². The number of hydrogen-bond donors (Lipinski definition) is 1. The lowest BCUT2D eigenvalue weighted by Gasteiger charge is -1.81. The second-order valence-corrected chi connectivity index (χ2v) is 2.92. The van der Waals surface area contributed by atoms with E-state index in [0.717, 1.165) is 3.97 Å². The van der Waals surface area contributed by atoms with E-state index >= 15 is 0 Å². The highest BCUT2D eigenvalue weighted by atomic mass is 32.1. The first-order chi connectivity index (χ1) is 6.70. The molecule has 4 heteroatoms. The van der Waals surface area contributed by atoms with Crippen molar-refractivity contribution in [2.24, 2.45) is 0 Å². The van der Waals surface area contributed by atoms with E-state index in [1.54, 1.807) is 24.3 Å². The zero-order valence-electron chi connectivity index (χ0n) is 7.80. The Bertz CT molecular complexity index is 519. The number of allylic oxidation sites excluding steroid dienone is 3. The first kappa shape index (κ1) is 10.7. The molecule has 0 aliphatic carbocycles. The maximum absolute atomic E-state index is 11.1. The molecule has 0 atom stereocenters. The summed E-state index contributed by atoms with van der Waals surface area (Å²) >= 11 is 3.98. The topological polar surface area (TPSA) is 35.1 Å². The van der Waals surface area contributed by atoms with Gasteiger partial charge in [-0.3, -0.25) is 0 Å². The molecule has 14 heavy (non-hydrogen) atoms. The molecule has 0 aliphatic heterocycles. The molecule has 0 amide bonds. The largest absolute Gasteiger partial charge is 0.430 e. The van der Waals surface area contributed by atoms with Crippen molar-refractivity contribution in [2.75, 3.05) is 0 Å². The lowest BCUT2D eigenvalue weighted by Crippen LogP contribution is -2.26. The van der Waals surface area contributed by atoms with Crippen molar-refractivity contribution >= 4 is 25.0 Å². The molecule has 1 aromatic heterocycles. The number of oxazole rings is 1. The van der Waals surface area contributed by atoms with Crippen molar-refractivity contribution in [1.29, 1.82) is 0 Å². The molecule has 1 rings (SSSR count). The zero-order chi connectivity index (χ0) is 10.6. The van der Waals surface area contributed by atoms with Gasteiger partial charge < -0.3 is 4.42 Å². The van der Waals surface area contributed by atoms with Crippen LogP contribution in [0.2, 0.25) is 0 Å². The maximum atomic E-state index is 11.1. The molecule has 0 aromatic carbocycles. The SMILES string of the molecule is C=C\C=c1/c(=C\C=C/C)oc(=O)n1S. The average molecular weight is 209 g/mol. The van der Waals surface area contributed by atoms with Gasteiger partial charge in [0.25, 0.3) is 0 Å². The Morgan fingerprint density at radius 1 is 1.50 bits per heavy atom. The summed E-state index contributed by atoms with van der Waals surface area (Å²) < 4.78 is 6.08. The minimum absolute atomic E-state index is 0.475. The lowest BCUT2D eigenvalue weighted by molar-refractivity contribution is 0.483. The Balaban J connectivity index is 3.61. The number of thiol groups is 1. The second-order valence-electron chi connectivity index (χ2n) is 2.52. The molecule has 74 valence electrons. The minimum atomic E-state index is -0.503. The van der Waals surface area contributed by atoms with E-state index in [1.807, 2.05) is 13.0 Å². The molecule has 0 saturated heterocycles. The zero-order valence-corrected chi connectivity index (χ0v) is 8.70. The van der Waals surface area contributed by atoms with E-state index in [2.05, 4.69) is 19.4 Å². The first-order valence-electron chi connectivity index (χ1n) is 4.07. The van der Waals surface area contributed by atoms with Crippen LogP contribution in [0.5, 0.6) is 0 Å². The molecule has 0 saturated carbocycles. The monoisotopic (exact) mass is 209 g/mol. The predicted molar refractivity (Wildman–Crippen MR) is 60.5 cm³/mol. The average Bonchev–Trinajstić information content (AvgIpc) is 2.43. The van der Waals surface area contributed by atoms with Crippen LogP contribution in [0.25, 0.3) is 12.2 Å². The van der Waals surface area contributed by atoms with E-state index in [9.17, 15) is 4.79 Å². The van der Waals surface area contributed by atoms with Gasteiger partial charge in [-0.05, 0) is 19.1 Å². The highest BCUT2D eigenvalue weighted by Crippen LogP contribution is 1.75. The van der Waals surface area contributed by atoms with Crippen molar-refractivity contribution in [3.8, 4) is 0 Å². The molecule has 0 unspecified atom stereocenters. The molecule has 1 aromatic rings. The first-order valence-corrected chi connectivity index (χ1v) is 4.47. The van der Waals surface area contributed by atoms with E-state index < -0.39 is 5.76 Å². The molecule has 3 nitrogen and oxygen atoms in total. The van der Waals surface area contributed by atoms with Gasteiger partial charge in [-0.25, -0.2) is 8.77 Å². The Labute approximate surface area is 86.9 Å². The molecule has 0 N–H and O–H groups in total. The Hall–Kier alpha value is -1.42. The number of hydrogen-bond acceptors (Lipinski definition) is 3. The molecule has 0 bridgehead atoms. The number of rotatable bonds is 2. The number of aromatic nitrogens is 1. The summed E-state index contributed by atoms with van der Waals surface area (Å²) in [5.41, 5.74) is 0.475. The van der Waals surface area contributed by atoms with Crippen molar-refractivity contribution in [3.63, 3.8) is 0 Å². The van der Waals surface area contributed by atoms with E-state index in [0.29, 0.717) is 10.8 Å². The van der Waals surface area contributed by atoms with Crippen LogP contribution >= 0.6 is 12.8 Å². The summed E-state index contributed by atoms with van der Waals surface area (Å²) in [6.07, 6.45) is 8.56. The number of nitrogens with zero attached hydrogens (tertiary/aromatic N) is 1. The van der Waals surface area contributed by atoms with Crippen LogP contribution in [-0.2, 0) is 0 Å². The third kappa shape index (κ3) is 2.09. The van der Waals surface area contributed by atoms with Crippen LogP contribution in [0, 0.1) is 0 Å². The molecular weight excluding hydrogens is 198 g/mol. The van der Waals surface area contributed by atoms with Gasteiger partial charge in [0.15, 0.2) is 5.42 Å². The van der Waals surface area contributed by atoms with Crippen LogP contribution in [-0.4, -0.2) is 3.97 Å². The van der Waals surface area contributed by atoms with Gasteiger partial charge in [-0.1, -0.05) is 37.6 Å². The molecule has 0 fully saturated rings. The van der Waals surface area contributed by atoms with Gasteiger partial charge in [-0.2, -0.15) is 0 Å². The summed E-state index contributed by atoms with van der Waals surface area (Å²) in [6, 6.07) is 0. The van der Waals surface area contributed by atoms with Crippen molar-refractivity contribution < 1.29 is 4.42 Å². The van der Waals surface area contributed by atoms with Crippen molar-refractivity contribution in [3.05, 3.63) is 46.1 Å². The summed E-state index contributed by atoms with van der Waals surface area (Å²) in [6.45, 7) is 5.43. The lowest BCUT2D eigenvalue weighted by atomic mass is 10.4. The fraction of sp³-hybridized carbons (Fsp3) is 0.100. The molecule has 1 heterocycles. The van der Waals surface area contributed by atoms with Crippen LogP contribution < -0.4 is 16.5 Å². The summed E-state index contributed by atoms with van der Waals surface area (Å²) in [7, 11) is 0. The summed E-state index contributed by atoms with van der Waals surface area (Å²) in [5.74, 6) is -0.503. The van der Waals surface area contributed by atoms with Crippen LogP contribution in [0.4, 0.5) is 0 Å². The van der Waals surface area contributed by atoms with Crippen LogP contribution in [0.3, 0.4) is 0 Å². The summed E-state index contributed by atoms with van der Waals surface area (Å²) in [4.78, 5) is 11.1.